The summed E-state index contributed by atoms with van der Waals surface area (Å²) in [5.41, 5.74) is 0. The molecule has 0 aliphatic heterocycles. The number of hydrogen-bond acceptors (Lipinski definition) is 2. The fourth-order valence-electron chi connectivity index (χ4n) is 3.39. The van der Waals surface area contributed by atoms with Gasteiger partial charge in [-0.3, -0.25) is 0 Å². The zero-order chi connectivity index (χ0) is 19.1. The molecule has 1 aromatic rings. The molecule has 4 heteroatoms. The summed E-state index contributed by atoms with van der Waals surface area (Å²) in [5, 5.41) is 0. The molecule has 0 atom stereocenters. The van der Waals surface area contributed by atoms with Crippen molar-refractivity contribution in [3.05, 3.63) is 30.3 Å². The van der Waals surface area contributed by atoms with E-state index in [0.717, 1.165) is 5.75 Å². The Morgan fingerprint density at radius 1 is 0.731 bits per heavy atom. The van der Waals surface area contributed by atoms with E-state index in [2.05, 4.69) is 58.0 Å². The van der Waals surface area contributed by atoms with Crippen LogP contribution in [-0.4, -0.2) is 39.4 Å². The molecule has 0 saturated heterocycles. The van der Waals surface area contributed by atoms with Crippen LogP contribution >= 0.6 is 0 Å². The molecule has 26 heavy (non-hydrogen) atoms. The average molecular weight is 576 g/mol. The molecule has 0 radical (unpaired) electrons. The standard InChI is InChI=1S/C6H6O.4C4H9.O.2Sn.H/c7-6-4-2-1-3-5-6;4*1-3-4-2;;;;/h1-5,7H;4*1,3-4H2,2H3;;;;/q;;;;;;;+1;/p-1. The van der Waals surface area contributed by atoms with E-state index >= 15 is 0 Å². The normalized spacial score (nSPS) is 11.9. The third kappa shape index (κ3) is 10.2. The fraction of sp³-hybridized carbons (Fsp3) is 0.727. The first kappa shape index (κ1) is 24.6. The van der Waals surface area contributed by atoms with E-state index in [0.29, 0.717) is 0 Å². The van der Waals surface area contributed by atoms with E-state index in [1.54, 1.807) is 0 Å². The van der Waals surface area contributed by atoms with Crippen molar-refractivity contribution in [2.45, 2.75) is 96.8 Å². The van der Waals surface area contributed by atoms with Crippen LogP contribution in [0.4, 0.5) is 0 Å². The van der Waals surface area contributed by atoms with Crippen molar-refractivity contribution in [1.82, 2.24) is 0 Å². The molecule has 0 heterocycles. The Balaban J connectivity index is 2.98. The van der Waals surface area contributed by atoms with Crippen molar-refractivity contribution in [2.24, 2.45) is 0 Å². The quantitative estimate of drug-likeness (QED) is 0.191. The van der Waals surface area contributed by atoms with Gasteiger partial charge in [-0.25, -0.2) is 0 Å². The predicted octanol–water partition coefficient (Wildman–Crippen LogP) is 7.45. The van der Waals surface area contributed by atoms with Gasteiger partial charge in [0.15, 0.2) is 0 Å². The van der Waals surface area contributed by atoms with Crippen LogP contribution in [0.5, 0.6) is 5.75 Å². The van der Waals surface area contributed by atoms with Gasteiger partial charge in [0.2, 0.25) is 0 Å². The van der Waals surface area contributed by atoms with Crippen molar-refractivity contribution in [3.63, 3.8) is 0 Å². The number of unbranched alkanes of at least 4 members (excludes halogenated alkanes) is 4. The van der Waals surface area contributed by atoms with E-state index in [9.17, 15) is 0 Å². The Morgan fingerprint density at radius 2 is 1.23 bits per heavy atom. The molecule has 0 unspecified atom stereocenters. The molecular weight excluding hydrogens is 534 g/mol. The van der Waals surface area contributed by atoms with E-state index < -0.39 is 39.4 Å². The number of hydrogen-bond donors (Lipinski definition) is 0. The van der Waals surface area contributed by atoms with Gasteiger partial charge in [0.25, 0.3) is 0 Å². The summed E-state index contributed by atoms with van der Waals surface area (Å²) in [4.78, 5) is 0. The van der Waals surface area contributed by atoms with Crippen LogP contribution in [-0.2, 0) is 1.41 Å². The van der Waals surface area contributed by atoms with Gasteiger partial charge in [-0.05, 0) is 0 Å². The zero-order valence-corrected chi connectivity index (χ0v) is 23.9. The topological polar surface area (TPSA) is 18.5 Å². The molecule has 0 aromatic heterocycles. The second-order valence-electron chi connectivity index (χ2n) is 7.56. The second kappa shape index (κ2) is 15.5. The molecular formula is C22H42O2Sn2. The average Bonchev–Trinajstić information content (AvgIpc) is 2.67. The molecule has 0 saturated carbocycles. The maximum absolute atomic E-state index is 7.25. The van der Waals surface area contributed by atoms with E-state index in [1.807, 2.05) is 0 Å². The van der Waals surface area contributed by atoms with E-state index in [-0.39, 0.29) is 0 Å². The van der Waals surface area contributed by atoms with Gasteiger partial charge in [0, 0.05) is 0 Å². The molecule has 0 N–H and O–H groups in total. The third-order valence-electron chi connectivity index (χ3n) is 5.01. The second-order valence-corrected chi connectivity index (χ2v) is 28.2. The Kier molecular flexibility index (Phi) is 14.7. The van der Waals surface area contributed by atoms with Gasteiger partial charge in [0.05, 0.1) is 0 Å². The van der Waals surface area contributed by atoms with Crippen LogP contribution in [0.3, 0.4) is 0 Å². The molecule has 1 rings (SSSR count). The van der Waals surface area contributed by atoms with Crippen molar-refractivity contribution >= 4 is 39.4 Å². The van der Waals surface area contributed by atoms with Gasteiger partial charge >= 0.3 is 177 Å². The van der Waals surface area contributed by atoms with Gasteiger partial charge in [0.1, 0.15) is 0 Å². The van der Waals surface area contributed by atoms with Crippen molar-refractivity contribution in [2.75, 3.05) is 0 Å². The molecule has 0 aliphatic rings. The van der Waals surface area contributed by atoms with Gasteiger partial charge in [-0.2, -0.15) is 0 Å². The minimum atomic E-state index is -3.05. The Bertz CT molecular complexity index is 423. The predicted molar refractivity (Wildman–Crippen MR) is 120 cm³/mol. The van der Waals surface area contributed by atoms with Crippen LogP contribution in [0.2, 0.25) is 17.7 Å². The molecule has 0 fully saturated rings. The molecule has 0 bridgehead atoms. The Morgan fingerprint density at radius 3 is 1.69 bits per heavy atom. The van der Waals surface area contributed by atoms with Gasteiger partial charge < -0.3 is 0 Å². The first-order valence-corrected chi connectivity index (χ1v) is 23.5. The maximum atomic E-state index is 7.25. The molecule has 0 amide bonds. The summed E-state index contributed by atoms with van der Waals surface area (Å²) in [6.45, 7) is 9.23. The van der Waals surface area contributed by atoms with Gasteiger partial charge in [-0.15, -0.1) is 0 Å². The molecule has 0 aliphatic carbocycles. The van der Waals surface area contributed by atoms with E-state index in [4.69, 9.17) is 4.49 Å². The first-order chi connectivity index (χ1) is 12.7. The third-order valence-corrected chi connectivity index (χ3v) is 35.9. The number of rotatable bonds is 16. The molecule has 150 valence electrons. The van der Waals surface area contributed by atoms with Crippen LogP contribution in [0, 0.1) is 0 Å². The summed E-state index contributed by atoms with van der Waals surface area (Å²) >= 11 is -5.00. The van der Waals surface area contributed by atoms with Gasteiger partial charge in [-0.1, -0.05) is 0 Å². The summed E-state index contributed by atoms with van der Waals surface area (Å²) < 4.78 is 19.4. The monoisotopic (exact) mass is 578 g/mol. The Labute approximate surface area is 175 Å². The van der Waals surface area contributed by atoms with Crippen molar-refractivity contribution in [3.8, 4) is 5.75 Å². The summed E-state index contributed by atoms with van der Waals surface area (Å²) in [6.07, 6.45) is 10.4. The first-order valence-electron chi connectivity index (χ1n) is 11.1. The van der Waals surface area contributed by atoms with Crippen molar-refractivity contribution < 1.29 is 4.49 Å². The summed E-state index contributed by atoms with van der Waals surface area (Å²) in [5.74, 6) is 1.06. The summed E-state index contributed by atoms with van der Waals surface area (Å²) in [7, 11) is 0. The molecule has 1 aromatic carbocycles. The summed E-state index contributed by atoms with van der Waals surface area (Å²) in [6, 6.07) is 10.5. The van der Waals surface area contributed by atoms with Crippen LogP contribution in [0.15, 0.2) is 30.3 Å². The van der Waals surface area contributed by atoms with Crippen LogP contribution < -0.4 is 3.07 Å². The molecule has 0 spiro atoms. The minimum absolute atomic E-state index is 1.06. The fourth-order valence-corrected chi connectivity index (χ4v) is 41.9. The molecule has 2 nitrogen and oxygen atoms in total. The van der Waals surface area contributed by atoms with Crippen LogP contribution in [0.25, 0.3) is 0 Å². The zero-order valence-electron chi connectivity index (χ0n) is 17.8. The number of para-hydroxylation sites is 1. The van der Waals surface area contributed by atoms with E-state index in [1.165, 1.54) is 69.1 Å². The Hall–Kier alpha value is 0.577. The van der Waals surface area contributed by atoms with Crippen molar-refractivity contribution in [1.29, 1.82) is 0 Å². The van der Waals surface area contributed by atoms with Crippen LogP contribution in [0.1, 0.15) is 79.1 Å². The SMILES string of the molecule is CCC[CH2][SnH]([CH2]CCC)[O][Sn]([CH2]CCC)([CH2]CCC)[O]c1ccccc1. The number of benzene rings is 1.